The Morgan fingerprint density at radius 2 is 2.20 bits per heavy atom. The minimum absolute atomic E-state index is 0.301. The van der Waals surface area contributed by atoms with Gasteiger partial charge in [0.15, 0.2) is 0 Å². The van der Waals surface area contributed by atoms with Crippen LogP contribution in [0.4, 0.5) is 0 Å². The molecule has 0 aliphatic carbocycles. The molecular formula is C12H15ClN2. The van der Waals surface area contributed by atoms with Crippen molar-refractivity contribution in [1.29, 1.82) is 5.26 Å². The molecule has 1 atom stereocenters. The van der Waals surface area contributed by atoms with E-state index < -0.39 is 0 Å². The summed E-state index contributed by atoms with van der Waals surface area (Å²) in [5.74, 6) is 0. The van der Waals surface area contributed by atoms with Gasteiger partial charge in [-0.15, -0.1) is 0 Å². The summed E-state index contributed by atoms with van der Waals surface area (Å²) in [4.78, 5) is 0. The van der Waals surface area contributed by atoms with Gasteiger partial charge in [0.1, 0.15) is 6.04 Å². The fourth-order valence-electron chi connectivity index (χ4n) is 1.36. The van der Waals surface area contributed by atoms with Crippen LogP contribution in [0.25, 0.3) is 0 Å². The third-order valence-corrected chi connectivity index (χ3v) is 2.57. The second-order valence-corrected chi connectivity index (χ2v) is 3.80. The van der Waals surface area contributed by atoms with E-state index in [1.54, 1.807) is 0 Å². The van der Waals surface area contributed by atoms with Gasteiger partial charge in [0.25, 0.3) is 0 Å². The second-order valence-electron chi connectivity index (χ2n) is 3.39. The van der Waals surface area contributed by atoms with Crippen LogP contribution in [-0.2, 0) is 0 Å². The van der Waals surface area contributed by atoms with Crippen molar-refractivity contribution in [3.8, 4) is 6.07 Å². The number of nitrogens with zero attached hydrogens (tertiary/aromatic N) is 1. The maximum Gasteiger partial charge on any atom is 0.122 e. The van der Waals surface area contributed by atoms with E-state index in [4.69, 9.17) is 16.9 Å². The molecule has 1 aromatic carbocycles. The van der Waals surface area contributed by atoms with Gasteiger partial charge >= 0.3 is 0 Å². The Bertz CT molecular complexity index is 344. The summed E-state index contributed by atoms with van der Waals surface area (Å²) in [7, 11) is 0. The van der Waals surface area contributed by atoms with E-state index in [-0.39, 0.29) is 6.04 Å². The van der Waals surface area contributed by atoms with Crippen LogP contribution >= 0.6 is 11.6 Å². The highest BCUT2D eigenvalue weighted by molar-refractivity contribution is 6.31. The summed E-state index contributed by atoms with van der Waals surface area (Å²) in [5.41, 5.74) is 0.859. The lowest BCUT2D eigenvalue weighted by molar-refractivity contribution is 0.598. The van der Waals surface area contributed by atoms with Crippen molar-refractivity contribution in [3.05, 3.63) is 34.9 Å². The first-order valence-electron chi connectivity index (χ1n) is 5.17. The van der Waals surface area contributed by atoms with Gasteiger partial charge < -0.3 is 0 Å². The molecule has 3 heteroatoms. The standard InChI is InChI=1S/C12H15ClN2/c1-2-3-8-15-12(9-14)10-6-4-5-7-11(10)13/h4-7,12,15H,2-3,8H2,1H3. The van der Waals surface area contributed by atoms with E-state index in [9.17, 15) is 0 Å². The zero-order valence-electron chi connectivity index (χ0n) is 8.83. The minimum Gasteiger partial charge on any atom is -0.298 e. The first kappa shape index (κ1) is 12.0. The van der Waals surface area contributed by atoms with E-state index in [1.165, 1.54) is 0 Å². The normalized spacial score (nSPS) is 12.1. The molecule has 1 rings (SSSR count). The van der Waals surface area contributed by atoms with Crippen LogP contribution in [0.2, 0.25) is 5.02 Å². The van der Waals surface area contributed by atoms with Gasteiger partial charge in [-0.25, -0.2) is 0 Å². The Kier molecular flexibility index (Phi) is 5.17. The molecule has 0 aliphatic rings. The lowest BCUT2D eigenvalue weighted by Crippen LogP contribution is -2.21. The lowest BCUT2D eigenvalue weighted by Gasteiger charge is -2.12. The van der Waals surface area contributed by atoms with Crippen LogP contribution in [-0.4, -0.2) is 6.54 Å². The third-order valence-electron chi connectivity index (χ3n) is 2.22. The molecule has 1 aromatic rings. The molecule has 0 bridgehead atoms. The van der Waals surface area contributed by atoms with Crippen molar-refractivity contribution in [1.82, 2.24) is 5.32 Å². The fraction of sp³-hybridized carbons (Fsp3) is 0.417. The van der Waals surface area contributed by atoms with Crippen molar-refractivity contribution < 1.29 is 0 Å². The number of nitrogens with one attached hydrogen (secondary N) is 1. The molecule has 1 unspecified atom stereocenters. The van der Waals surface area contributed by atoms with E-state index in [2.05, 4.69) is 18.3 Å². The Morgan fingerprint density at radius 1 is 1.47 bits per heavy atom. The van der Waals surface area contributed by atoms with Crippen LogP contribution < -0.4 is 5.32 Å². The molecule has 0 fully saturated rings. The van der Waals surface area contributed by atoms with E-state index in [1.807, 2.05) is 24.3 Å². The van der Waals surface area contributed by atoms with Crippen LogP contribution in [0.1, 0.15) is 31.4 Å². The highest BCUT2D eigenvalue weighted by atomic mass is 35.5. The predicted molar refractivity (Wildman–Crippen MR) is 62.7 cm³/mol. The number of hydrogen-bond donors (Lipinski definition) is 1. The molecule has 80 valence electrons. The molecule has 1 N–H and O–H groups in total. The van der Waals surface area contributed by atoms with Gasteiger partial charge in [-0.05, 0) is 19.0 Å². The van der Waals surface area contributed by atoms with Crippen LogP contribution in [0.15, 0.2) is 24.3 Å². The summed E-state index contributed by atoms with van der Waals surface area (Å²) >= 11 is 6.02. The first-order valence-corrected chi connectivity index (χ1v) is 5.54. The number of benzene rings is 1. The van der Waals surface area contributed by atoms with Gasteiger partial charge in [0.05, 0.1) is 6.07 Å². The highest BCUT2D eigenvalue weighted by Gasteiger charge is 2.11. The van der Waals surface area contributed by atoms with Gasteiger partial charge in [-0.2, -0.15) is 5.26 Å². The molecule has 0 saturated carbocycles. The highest BCUT2D eigenvalue weighted by Crippen LogP contribution is 2.21. The Hall–Kier alpha value is -1.04. The molecule has 0 aliphatic heterocycles. The van der Waals surface area contributed by atoms with E-state index >= 15 is 0 Å². The lowest BCUT2D eigenvalue weighted by atomic mass is 10.1. The van der Waals surface area contributed by atoms with Gasteiger partial charge in [0.2, 0.25) is 0 Å². The van der Waals surface area contributed by atoms with Crippen molar-refractivity contribution in [2.45, 2.75) is 25.8 Å². The number of halogens is 1. The smallest absolute Gasteiger partial charge is 0.122 e. The van der Waals surface area contributed by atoms with Gasteiger partial charge in [-0.3, -0.25) is 5.32 Å². The zero-order valence-corrected chi connectivity index (χ0v) is 9.59. The zero-order chi connectivity index (χ0) is 11.1. The summed E-state index contributed by atoms with van der Waals surface area (Å²) in [6.45, 7) is 2.97. The van der Waals surface area contributed by atoms with E-state index in [0.717, 1.165) is 24.9 Å². The number of rotatable bonds is 5. The van der Waals surface area contributed by atoms with Crippen LogP contribution in [0.3, 0.4) is 0 Å². The summed E-state index contributed by atoms with van der Waals surface area (Å²) in [5, 5.41) is 12.9. The average molecular weight is 223 g/mol. The summed E-state index contributed by atoms with van der Waals surface area (Å²) < 4.78 is 0. The topological polar surface area (TPSA) is 35.8 Å². The molecule has 15 heavy (non-hydrogen) atoms. The largest absolute Gasteiger partial charge is 0.298 e. The molecule has 0 amide bonds. The van der Waals surface area contributed by atoms with Crippen molar-refractivity contribution in [3.63, 3.8) is 0 Å². The summed E-state index contributed by atoms with van der Waals surface area (Å²) in [6.07, 6.45) is 2.19. The number of nitriles is 1. The molecule has 0 aromatic heterocycles. The monoisotopic (exact) mass is 222 g/mol. The molecule has 0 heterocycles. The number of unbranched alkanes of at least 4 members (excludes halogenated alkanes) is 1. The maximum absolute atomic E-state index is 9.03. The molecule has 0 spiro atoms. The Labute approximate surface area is 95.9 Å². The minimum atomic E-state index is -0.301. The molecule has 2 nitrogen and oxygen atoms in total. The third kappa shape index (κ3) is 3.54. The molecular weight excluding hydrogens is 208 g/mol. The van der Waals surface area contributed by atoms with Gasteiger partial charge in [-0.1, -0.05) is 43.1 Å². The maximum atomic E-state index is 9.03. The van der Waals surface area contributed by atoms with Crippen molar-refractivity contribution >= 4 is 11.6 Å². The van der Waals surface area contributed by atoms with Crippen LogP contribution in [0, 0.1) is 11.3 Å². The second kappa shape index (κ2) is 6.44. The van der Waals surface area contributed by atoms with Crippen molar-refractivity contribution in [2.24, 2.45) is 0 Å². The fourth-order valence-corrected chi connectivity index (χ4v) is 1.60. The Balaban J connectivity index is 2.67. The molecule has 0 radical (unpaired) electrons. The SMILES string of the molecule is CCCCNC(C#N)c1ccccc1Cl. The quantitative estimate of drug-likeness (QED) is 0.776. The predicted octanol–water partition coefficient (Wildman–Crippen LogP) is 3.29. The Morgan fingerprint density at radius 3 is 2.80 bits per heavy atom. The first-order chi connectivity index (χ1) is 7.29. The molecule has 0 saturated heterocycles. The van der Waals surface area contributed by atoms with Gasteiger partial charge in [0, 0.05) is 10.6 Å². The average Bonchev–Trinajstić information content (AvgIpc) is 2.26. The summed E-state index contributed by atoms with van der Waals surface area (Å²) in [6, 6.07) is 9.38. The van der Waals surface area contributed by atoms with Crippen LogP contribution in [0.5, 0.6) is 0 Å². The van der Waals surface area contributed by atoms with Crippen molar-refractivity contribution in [2.75, 3.05) is 6.54 Å². The number of hydrogen-bond acceptors (Lipinski definition) is 2. The van der Waals surface area contributed by atoms with E-state index in [0.29, 0.717) is 5.02 Å².